The zero-order valence-corrected chi connectivity index (χ0v) is 11.3. The second-order valence-electron chi connectivity index (χ2n) is 4.69. The van der Waals surface area contributed by atoms with Crippen LogP contribution in [0.15, 0.2) is 24.3 Å². The third-order valence-electron chi connectivity index (χ3n) is 3.39. The number of ketones is 1. The zero-order valence-electron chi connectivity index (χ0n) is 10.4. The molecule has 0 spiro atoms. The van der Waals surface area contributed by atoms with E-state index in [9.17, 15) is 4.79 Å². The number of rotatable bonds is 6. The standard InChI is InChI=1S/C15H20OS/c1-2-10-17-11-15(16)14-9-4-3-8-13(14)12-6-5-7-12/h3-4,8-9,12H,2,5-7,10-11H2,1H3. The van der Waals surface area contributed by atoms with Crippen LogP contribution >= 0.6 is 11.8 Å². The molecular weight excluding hydrogens is 228 g/mol. The van der Waals surface area contributed by atoms with Gasteiger partial charge in [0, 0.05) is 5.56 Å². The highest BCUT2D eigenvalue weighted by Crippen LogP contribution is 2.38. The Balaban J connectivity index is 2.05. The van der Waals surface area contributed by atoms with Crippen LogP contribution in [0.3, 0.4) is 0 Å². The van der Waals surface area contributed by atoms with E-state index < -0.39 is 0 Å². The molecule has 0 aromatic heterocycles. The maximum atomic E-state index is 12.2. The summed E-state index contributed by atoms with van der Waals surface area (Å²) in [6.07, 6.45) is 4.97. The van der Waals surface area contributed by atoms with E-state index in [4.69, 9.17) is 0 Å². The van der Waals surface area contributed by atoms with Crippen LogP contribution in [0, 0.1) is 0 Å². The Morgan fingerprint density at radius 2 is 2.12 bits per heavy atom. The summed E-state index contributed by atoms with van der Waals surface area (Å²) in [7, 11) is 0. The SMILES string of the molecule is CCCSCC(=O)c1ccccc1C1CCC1. The maximum absolute atomic E-state index is 12.2. The molecule has 17 heavy (non-hydrogen) atoms. The van der Waals surface area contributed by atoms with Gasteiger partial charge < -0.3 is 0 Å². The van der Waals surface area contributed by atoms with E-state index in [1.54, 1.807) is 11.8 Å². The van der Waals surface area contributed by atoms with E-state index in [0.717, 1.165) is 17.7 Å². The van der Waals surface area contributed by atoms with Crippen molar-refractivity contribution in [3.8, 4) is 0 Å². The Morgan fingerprint density at radius 1 is 1.35 bits per heavy atom. The number of Topliss-reactive ketones (excluding diaryl/α,β-unsaturated/α-hetero) is 1. The summed E-state index contributed by atoms with van der Waals surface area (Å²) in [6, 6.07) is 8.19. The molecule has 1 saturated carbocycles. The van der Waals surface area contributed by atoms with Crippen molar-refractivity contribution in [1.82, 2.24) is 0 Å². The summed E-state index contributed by atoms with van der Waals surface area (Å²) in [5, 5.41) is 0. The fourth-order valence-electron chi connectivity index (χ4n) is 2.21. The molecule has 0 bridgehead atoms. The monoisotopic (exact) mass is 248 g/mol. The Bertz CT molecular complexity index is 382. The van der Waals surface area contributed by atoms with E-state index in [2.05, 4.69) is 19.1 Å². The summed E-state index contributed by atoms with van der Waals surface area (Å²) >= 11 is 1.75. The van der Waals surface area contributed by atoms with Crippen LogP contribution in [0.4, 0.5) is 0 Å². The molecule has 2 rings (SSSR count). The number of hydrogen-bond donors (Lipinski definition) is 0. The second kappa shape index (κ2) is 6.25. The summed E-state index contributed by atoms with van der Waals surface area (Å²) in [5.41, 5.74) is 2.27. The molecule has 0 saturated heterocycles. The van der Waals surface area contributed by atoms with E-state index in [0.29, 0.717) is 17.5 Å². The van der Waals surface area contributed by atoms with Crippen molar-refractivity contribution >= 4 is 17.5 Å². The first-order valence-electron chi connectivity index (χ1n) is 6.52. The topological polar surface area (TPSA) is 17.1 Å². The Hall–Kier alpha value is -0.760. The summed E-state index contributed by atoms with van der Waals surface area (Å²) in [5.74, 6) is 2.67. The van der Waals surface area contributed by atoms with Crippen molar-refractivity contribution in [3.05, 3.63) is 35.4 Å². The molecule has 0 radical (unpaired) electrons. The van der Waals surface area contributed by atoms with Crippen LogP contribution in [0.2, 0.25) is 0 Å². The van der Waals surface area contributed by atoms with Crippen LogP contribution in [-0.2, 0) is 0 Å². The van der Waals surface area contributed by atoms with Crippen LogP contribution in [0.5, 0.6) is 0 Å². The van der Waals surface area contributed by atoms with Crippen LogP contribution in [0.25, 0.3) is 0 Å². The van der Waals surface area contributed by atoms with Gasteiger partial charge in [-0.3, -0.25) is 4.79 Å². The third-order valence-corrected chi connectivity index (χ3v) is 4.55. The molecule has 0 aliphatic heterocycles. The normalized spacial score (nSPS) is 15.6. The smallest absolute Gasteiger partial charge is 0.173 e. The lowest BCUT2D eigenvalue weighted by molar-refractivity contribution is 0.102. The van der Waals surface area contributed by atoms with Gasteiger partial charge in [-0.05, 0) is 36.5 Å². The molecule has 1 nitrogen and oxygen atoms in total. The number of thioether (sulfide) groups is 1. The molecule has 0 amide bonds. The molecule has 0 N–H and O–H groups in total. The van der Waals surface area contributed by atoms with E-state index in [-0.39, 0.29) is 0 Å². The average molecular weight is 248 g/mol. The van der Waals surface area contributed by atoms with Crippen molar-refractivity contribution < 1.29 is 4.79 Å². The first-order valence-corrected chi connectivity index (χ1v) is 7.68. The maximum Gasteiger partial charge on any atom is 0.173 e. The van der Waals surface area contributed by atoms with Gasteiger partial charge in [0.2, 0.25) is 0 Å². The second-order valence-corrected chi connectivity index (χ2v) is 5.80. The number of benzene rings is 1. The average Bonchev–Trinajstić information content (AvgIpc) is 2.28. The van der Waals surface area contributed by atoms with Gasteiger partial charge in [0.1, 0.15) is 0 Å². The van der Waals surface area contributed by atoms with Gasteiger partial charge >= 0.3 is 0 Å². The lowest BCUT2D eigenvalue weighted by atomic mass is 9.78. The molecule has 1 aromatic rings. The van der Waals surface area contributed by atoms with Gasteiger partial charge in [-0.2, -0.15) is 11.8 Å². The van der Waals surface area contributed by atoms with E-state index in [1.165, 1.54) is 24.8 Å². The van der Waals surface area contributed by atoms with Gasteiger partial charge in [0.15, 0.2) is 5.78 Å². The minimum absolute atomic E-state index is 0.311. The van der Waals surface area contributed by atoms with Crippen molar-refractivity contribution in [2.75, 3.05) is 11.5 Å². The molecule has 1 fully saturated rings. The third kappa shape index (κ3) is 3.12. The summed E-state index contributed by atoms with van der Waals surface area (Å²) in [4.78, 5) is 12.2. The van der Waals surface area contributed by atoms with Crippen molar-refractivity contribution in [1.29, 1.82) is 0 Å². The Kier molecular flexibility index (Phi) is 4.66. The molecule has 0 unspecified atom stereocenters. The van der Waals surface area contributed by atoms with Crippen LogP contribution in [-0.4, -0.2) is 17.3 Å². The highest BCUT2D eigenvalue weighted by atomic mass is 32.2. The predicted molar refractivity (Wildman–Crippen MR) is 75.0 cm³/mol. The number of hydrogen-bond acceptors (Lipinski definition) is 2. The first kappa shape index (κ1) is 12.7. The molecule has 0 atom stereocenters. The number of carbonyl (C=O) groups is 1. The molecule has 92 valence electrons. The zero-order chi connectivity index (χ0) is 12.1. The Morgan fingerprint density at radius 3 is 2.76 bits per heavy atom. The largest absolute Gasteiger partial charge is 0.293 e. The molecule has 1 aromatic carbocycles. The van der Waals surface area contributed by atoms with Gasteiger partial charge in [-0.15, -0.1) is 0 Å². The van der Waals surface area contributed by atoms with Crippen LogP contribution < -0.4 is 0 Å². The lowest BCUT2D eigenvalue weighted by Crippen LogP contribution is -2.15. The van der Waals surface area contributed by atoms with Crippen molar-refractivity contribution in [2.45, 2.75) is 38.5 Å². The van der Waals surface area contributed by atoms with Gasteiger partial charge in [-0.25, -0.2) is 0 Å². The first-order chi connectivity index (χ1) is 8.33. The van der Waals surface area contributed by atoms with Crippen molar-refractivity contribution in [2.24, 2.45) is 0 Å². The fourth-order valence-corrected chi connectivity index (χ4v) is 2.99. The lowest BCUT2D eigenvalue weighted by Gasteiger charge is -2.27. The summed E-state index contributed by atoms with van der Waals surface area (Å²) < 4.78 is 0. The van der Waals surface area contributed by atoms with E-state index >= 15 is 0 Å². The Labute approximate surface area is 108 Å². The van der Waals surface area contributed by atoms with Crippen molar-refractivity contribution in [3.63, 3.8) is 0 Å². The van der Waals surface area contributed by atoms with Gasteiger partial charge in [0.05, 0.1) is 5.75 Å². The minimum atomic E-state index is 0.311. The minimum Gasteiger partial charge on any atom is -0.293 e. The molecule has 1 aliphatic carbocycles. The predicted octanol–water partition coefficient (Wildman–Crippen LogP) is 4.28. The molecule has 2 heteroatoms. The molecular formula is C15H20OS. The van der Waals surface area contributed by atoms with Crippen LogP contribution in [0.1, 0.15) is 54.4 Å². The molecule has 0 heterocycles. The van der Waals surface area contributed by atoms with E-state index in [1.807, 2.05) is 12.1 Å². The van der Waals surface area contributed by atoms with Gasteiger partial charge in [-0.1, -0.05) is 37.6 Å². The summed E-state index contributed by atoms with van der Waals surface area (Å²) in [6.45, 7) is 2.15. The van der Waals surface area contributed by atoms with Gasteiger partial charge in [0.25, 0.3) is 0 Å². The highest BCUT2D eigenvalue weighted by molar-refractivity contribution is 7.99. The fraction of sp³-hybridized carbons (Fsp3) is 0.533. The highest BCUT2D eigenvalue weighted by Gasteiger charge is 2.23. The number of carbonyl (C=O) groups excluding carboxylic acids is 1. The quantitative estimate of drug-likeness (QED) is 0.552. The molecule has 1 aliphatic rings.